The number of imidazole rings is 1. The van der Waals surface area contributed by atoms with Crippen LogP contribution in [0.1, 0.15) is 22.5 Å². The van der Waals surface area contributed by atoms with E-state index in [0.29, 0.717) is 29.5 Å². The summed E-state index contributed by atoms with van der Waals surface area (Å²) in [4.78, 5) is 28.7. The third-order valence-corrected chi connectivity index (χ3v) is 5.90. The fourth-order valence-electron chi connectivity index (χ4n) is 3.99. The molecule has 3 N–H and O–H groups in total. The number of anilines is 1. The second-order valence-corrected chi connectivity index (χ2v) is 8.46. The van der Waals surface area contributed by atoms with E-state index in [0.717, 1.165) is 50.0 Å². The fourth-order valence-corrected chi connectivity index (χ4v) is 4.18. The molecule has 0 spiro atoms. The van der Waals surface area contributed by atoms with Gasteiger partial charge in [-0.1, -0.05) is 17.7 Å². The first-order valence-corrected chi connectivity index (χ1v) is 10.9. The van der Waals surface area contributed by atoms with Crippen molar-refractivity contribution in [2.24, 2.45) is 0 Å². The molecule has 0 unspecified atom stereocenters. The molecule has 162 valence electrons. The molecule has 0 aliphatic heterocycles. The SMILES string of the molecule is Cc1cnc2ccc(Cc3nc4ncnc(NCc5cnc6[nH]cc(Cl)c6c5)c4[nH]3)cc2c1. The summed E-state index contributed by atoms with van der Waals surface area (Å²) in [6, 6.07) is 10.4. The smallest absolute Gasteiger partial charge is 0.183 e. The number of H-pyrrole nitrogens is 2. The van der Waals surface area contributed by atoms with Crippen LogP contribution in [0.4, 0.5) is 5.82 Å². The van der Waals surface area contributed by atoms with E-state index in [1.807, 2.05) is 31.5 Å². The second kappa shape index (κ2) is 7.83. The Morgan fingerprint density at radius 3 is 2.88 bits per heavy atom. The van der Waals surface area contributed by atoms with Crippen molar-refractivity contribution < 1.29 is 0 Å². The van der Waals surface area contributed by atoms with Crippen LogP contribution in [-0.4, -0.2) is 34.9 Å². The first-order valence-electron chi connectivity index (χ1n) is 10.5. The monoisotopic (exact) mass is 454 g/mol. The lowest BCUT2D eigenvalue weighted by Crippen LogP contribution is -2.03. The fraction of sp³-hybridized carbons (Fsp3) is 0.125. The number of hydrogen-bond acceptors (Lipinski definition) is 6. The predicted octanol–water partition coefficient (Wildman–Crippen LogP) is 4.94. The number of rotatable bonds is 5. The van der Waals surface area contributed by atoms with Gasteiger partial charge in [-0.25, -0.2) is 19.9 Å². The highest BCUT2D eigenvalue weighted by molar-refractivity contribution is 6.35. The summed E-state index contributed by atoms with van der Waals surface area (Å²) in [7, 11) is 0. The summed E-state index contributed by atoms with van der Waals surface area (Å²) in [5, 5.41) is 6.04. The molecule has 1 aromatic carbocycles. The van der Waals surface area contributed by atoms with Crippen LogP contribution in [0.5, 0.6) is 0 Å². The number of hydrogen-bond donors (Lipinski definition) is 3. The zero-order valence-electron chi connectivity index (χ0n) is 17.7. The average molecular weight is 455 g/mol. The van der Waals surface area contributed by atoms with E-state index in [4.69, 9.17) is 11.6 Å². The first kappa shape index (κ1) is 19.6. The van der Waals surface area contributed by atoms with Gasteiger partial charge in [-0.15, -0.1) is 0 Å². The molecule has 0 atom stereocenters. The van der Waals surface area contributed by atoms with Crippen LogP contribution in [0.15, 0.2) is 55.2 Å². The van der Waals surface area contributed by atoms with Crippen molar-refractivity contribution in [2.75, 3.05) is 5.32 Å². The van der Waals surface area contributed by atoms with Crippen molar-refractivity contribution in [2.45, 2.75) is 19.9 Å². The molecule has 5 heterocycles. The number of aryl methyl sites for hydroxylation is 1. The van der Waals surface area contributed by atoms with E-state index >= 15 is 0 Å². The van der Waals surface area contributed by atoms with E-state index in [-0.39, 0.29) is 0 Å². The summed E-state index contributed by atoms with van der Waals surface area (Å²) in [5.74, 6) is 1.52. The molecule has 0 aliphatic rings. The summed E-state index contributed by atoms with van der Waals surface area (Å²) in [6.07, 6.45) is 7.62. The highest BCUT2D eigenvalue weighted by Crippen LogP contribution is 2.24. The molecule has 6 aromatic rings. The molecule has 0 fully saturated rings. The van der Waals surface area contributed by atoms with Crippen molar-refractivity contribution >= 4 is 50.5 Å². The van der Waals surface area contributed by atoms with E-state index in [1.54, 1.807) is 6.20 Å². The van der Waals surface area contributed by atoms with Crippen molar-refractivity contribution in [3.63, 3.8) is 0 Å². The Morgan fingerprint density at radius 1 is 1.00 bits per heavy atom. The number of aromatic amines is 2. The van der Waals surface area contributed by atoms with Crippen LogP contribution in [0.3, 0.4) is 0 Å². The Morgan fingerprint density at radius 2 is 1.94 bits per heavy atom. The lowest BCUT2D eigenvalue weighted by atomic mass is 10.1. The summed E-state index contributed by atoms with van der Waals surface area (Å²) < 4.78 is 0. The van der Waals surface area contributed by atoms with Gasteiger partial charge in [-0.2, -0.15) is 0 Å². The number of pyridine rings is 2. The second-order valence-electron chi connectivity index (χ2n) is 8.05. The summed E-state index contributed by atoms with van der Waals surface area (Å²) in [5.41, 5.74) is 6.45. The third-order valence-electron chi connectivity index (χ3n) is 5.59. The maximum absolute atomic E-state index is 6.22. The van der Waals surface area contributed by atoms with E-state index in [2.05, 4.69) is 58.4 Å². The van der Waals surface area contributed by atoms with Gasteiger partial charge < -0.3 is 15.3 Å². The van der Waals surface area contributed by atoms with Gasteiger partial charge in [0.2, 0.25) is 0 Å². The van der Waals surface area contributed by atoms with Crippen LogP contribution in [-0.2, 0) is 13.0 Å². The third kappa shape index (κ3) is 3.74. The van der Waals surface area contributed by atoms with Crippen molar-refractivity contribution in [1.82, 2.24) is 34.9 Å². The average Bonchev–Trinajstić information content (AvgIpc) is 3.40. The zero-order valence-corrected chi connectivity index (χ0v) is 18.5. The largest absolute Gasteiger partial charge is 0.364 e. The standard InChI is InChI=1S/C24H19ClN8/c1-13-4-16-5-14(2-3-19(16)26-8-13)7-20-32-21-23(30-12-31-24(21)33-20)28-10-15-6-17-18(25)11-29-22(17)27-9-15/h2-6,8-9,11-12H,7,10H2,1H3,(H,27,29)(H2,28,30,31,32,33). The van der Waals surface area contributed by atoms with Gasteiger partial charge in [0.05, 0.1) is 10.5 Å². The molecule has 0 aliphatic carbocycles. The lowest BCUT2D eigenvalue weighted by molar-refractivity contribution is 1.04. The Kier molecular flexibility index (Phi) is 4.66. The van der Waals surface area contributed by atoms with Gasteiger partial charge in [0.1, 0.15) is 23.3 Å². The van der Waals surface area contributed by atoms with Crippen LogP contribution in [0.2, 0.25) is 5.02 Å². The van der Waals surface area contributed by atoms with E-state index < -0.39 is 0 Å². The van der Waals surface area contributed by atoms with Crippen LogP contribution in [0, 0.1) is 6.92 Å². The molecule has 6 rings (SSSR count). The molecule has 0 saturated carbocycles. The van der Waals surface area contributed by atoms with Gasteiger partial charge in [0.25, 0.3) is 0 Å². The minimum Gasteiger partial charge on any atom is -0.364 e. The number of halogens is 1. The maximum Gasteiger partial charge on any atom is 0.183 e. The van der Waals surface area contributed by atoms with Crippen molar-refractivity contribution in [3.8, 4) is 0 Å². The molecule has 33 heavy (non-hydrogen) atoms. The number of nitrogens with one attached hydrogen (secondary N) is 3. The van der Waals surface area contributed by atoms with Crippen LogP contribution in [0.25, 0.3) is 33.1 Å². The molecule has 0 saturated heterocycles. The van der Waals surface area contributed by atoms with Crippen LogP contribution >= 0.6 is 11.6 Å². The molecular formula is C24H19ClN8. The Bertz CT molecular complexity index is 1630. The number of nitrogens with zero attached hydrogens (tertiary/aromatic N) is 5. The van der Waals surface area contributed by atoms with Crippen LogP contribution < -0.4 is 5.32 Å². The molecule has 9 heteroatoms. The molecule has 5 aromatic heterocycles. The molecule has 0 bridgehead atoms. The highest BCUT2D eigenvalue weighted by atomic mass is 35.5. The van der Waals surface area contributed by atoms with Gasteiger partial charge in [0.15, 0.2) is 11.5 Å². The maximum atomic E-state index is 6.22. The minimum atomic E-state index is 0.544. The zero-order chi connectivity index (χ0) is 22.4. The number of benzene rings is 1. The van der Waals surface area contributed by atoms with Gasteiger partial charge >= 0.3 is 0 Å². The molecular weight excluding hydrogens is 436 g/mol. The quantitative estimate of drug-likeness (QED) is 0.340. The highest BCUT2D eigenvalue weighted by Gasteiger charge is 2.11. The van der Waals surface area contributed by atoms with Gasteiger partial charge in [-0.05, 0) is 47.9 Å². The first-order chi connectivity index (χ1) is 16.1. The molecule has 8 nitrogen and oxygen atoms in total. The van der Waals surface area contributed by atoms with Gasteiger partial charge in [0, 0.05) is 42.3 Å². The Labute approximate surface area is 193 Å². The normalized spacial score (nSPS) is 11.6. The van der Waals surface area contributed by atoms with E-state index in [9.17, 15) is 0 Å². The van der Waals surface area contributed by atoms with Gasteiger partial charge in [-0.3, -0.25) is 4.98 Å². The van der Waals surface area contributed by atoms with E-state index in [1.165, 1.54) is 6.33 Å². The Balaban J connectivity index is 1.25. The number of aromatic nitrogens is 7. The van der Waals surface area contributed by atoms with Crippen molar-refractivity contribution in [1.29, 1.82) is 0 Å². The summed E-state index contributed by atoms with van der Waals surface area (Å²) in [6.45, 7) is 2.59. The van der Waals surface area contributed by atoms with Crippen molar-refractivity contribution in [3.05, 3.63) is 82.8 Å². The topological polar surface area (TPSA) is 108 Å². The lowest BCUT2D eigenvalue weighted by Gasteiger charge is -2.06. The number of fused-ring (bicyclic) bond motifs is 3. The predicted molar refractivity (Wildman–Crippen MR) is 129 cm³/mol. The summed E-state index contributed by atoms with van der Waals surface area (Å²) >= 11 is 6.22. The Hall–Kier alpha value is -4.04. The molecule has 0 amide bonds. The minimum absolute atomic E-state index is 0.544. The molecule has 0 radical (unpaired) electrons.